The standard InChI is InChI=1S/C10H20S/c1-10(2,3)7-9-5-4-6-11-8-9/h9H,4-8H2,1-3H3/t9-/m1/s1. The van der Waals surface area contributed by atoms with Gasteiger partial charge in [0.15, 0.2) is 0 Å². The van der Waals surface area contributed by atoms with Gasteiger partial charge in [0.05, 0.1) is 0 Å². The summed E-state index contributed by atoms with van der Waals surface area (Å²) in [6.45, 7) is 7.06. The van der Waals surface area contributed by atoms with Crippen LogP contribution in [0.3, 0.4) is 0 Å². The summed E-state index contributed by atoms with van der Waals surface area (Å²) in [7, 11) is 0. The minimum absolute atomic E-state index is 0.544. The Kier molecular flexibility index (Phi) is 3.29. The van der Waals surface area contributed by atoms with E-state index in [2.05, 4.69) is 32.5 Å². The molecule has 0 nitrogen and oxygen atoms in total. The van der Waals surface area contributed by atoms with Crippen molar-refractivity contribution in [2.24, 2.45) is 11.3 Å². The van der Waals surface area contributed by atoms with Gasteiger partial charge in [-0.25, -0.2) is 0 Å². The highest BCUT2D eigenvalue weighted by atomic mass is 32.2. The molecule has 1 atom stereocenters. The van der Waals surface area contributed by atoms with Gasteiger partial charge < -0.3 is 0 Å². The number of thioether (sulfide) groups is 1. The van der Waals surface area contributed by atoms with E-state index in [9.17, 15) is 0 Å². The molecule has 0 radical (unpaired) electrons. The third-order valence-electron chi connectivity index (χ3n) is 2.16. The Morgan fingerprint density at radius 1 is 1.36 bits per heavy atom. The van der Waals surface area contributed by atoms with Crippen molar-refractivity contribution < 1.29 is 0 Å². The van der Waals surface area contributed by atoms with Crippen molar-refractivity contribution in [2.45, 2.75) is 40.0 Å². The molecule has 0 aromatic carbocycles. The molecule has 0 unspecified atom stereocenters. The summed E-state index contributed by atoms with van der Waals surface area (Å²) in [6, 6.07) is 0. The summed E-state index contributed by atoms with van der Waals surface area (Å²) in [5.74, 6) is 3.83. The summed E-state index contributed by atoms with van der Waals surface area (Å²) >= 11 is 2.14. The number of hydrogen-bond donors (Lipinski definition) is 0. The van der Waals surface area contributed by atoms with Gasteiger partial charge in [-0.15, -0.1) is 0 Å². The maximum absolute atomic E-state index is 2.35. The molecule has 0 N–H and O–H groups in total. The van der Waals surface area contributed by atoms with Crippen LogP contribution < -0.4 is 0 Å². The lowest BCUT2D eigenvalue weighted by Gasteiger charge is -2.28. The highest BCUT2D eigenvalue weighted by Gasteiger charge is 2.20. The second-order valence-corrected chi connectivity index (χ2v) is 6.00. The fourth-order valence-corrected chi connectivity index (χ4v) is 2.99. The van der Waals surface area contributed by atoms with Crippen LogP contribution >= 0.6 is 11.8 Å². The molecule has 0 saturated carbocycles. The average Bonchev–Trinajstić information content (AvgIpc) is 1.85. The van der Waals surface area contributed by atoms with E-state index in [0.717, 1.165) is 5.92 Å². The molecule has 1 saturated heterocycles. The van der Waals surface area contributed by atoms with Crippen LogP contribution in [0.15, 0.2) is 0 Å². The highest BCUT2D eigenvalue weighted by Crippen LogP contribution is 2.32. The van der Waals surface area contributed by atoms with Crippen LogP contribution in [0.2, 0.25) is 0 Å². The first-order valence-corrected chi connectivity index (χ1v) is 5.81. The van der Waals surface area contributed by atoms with E-state index in [1.807, 2.05) is 0 Å². The van der Waals surface area contributed by atoms with Crippen molar-refractivity contribution in [1.29, 1.82) is 0 Å². The molecular weight excluding hydrogens is 152 g/mol. The van der Waals surface area contributed by atoms with Crippen LogP contribution in [-0.2, 0) is 0 Å². The maximum atomic E-state index is 2.35. The van der Waals surface area contributed by atoms with E-state index in [1.54, 1.807) is 0 Å². The lowest BCUT2D eigenvalue weighted by molar-refractivity contribution is 0.296. The normalized spacial score (nSPS) is 27.0. The van der Waals surface area contributed by atoms with E-state index in [4.69, 9.17) is 0 Å². The molecule has 0 spiro atoms. The van der Waals surface area contributed by atoms with Crippen LogP contribution in [0.1, 0.15) is 40.0 Å². The van der Waals surface area contributed by atoms with E-state index in [1.165, 1.54) is 30.8 Å². The predicted octanol–water partition coefficient (Wildman–Crippen LogP) is 3.57. The molecule has 1 aliphatic rings. The Labute approximate surface area is 75.1 Å². The topological polar surface area (TPSA) is 0 Å². The Morgan fingerprint density at radius 3 is 2.55 bits per heavy atom. The van der Waals surface area contributed by atoms with E-state index in [-0.39, 0.29) is 0 Å². The van der Waals surface area contributed by atoms with E-state index < -0.39 is 0 Å². The molecule has 0 amide bonds. The van der Waals surface area contributed by atoms with Crippen LogP contribution in [0.4, 0.5) is 0 Å². The second-order valence-electron chi connectivity index (χ2n) is 4.85. The van der Waals surface area contributed by atoms with Gasteiger partial charge in [0, 0.05) is 0 Å². The van der Waals surface area contributed by atoms with Gasteiger partial charge in [0.25, 0.3) is 0 Å². The van der Waals surface area contributed by atoms with E-state index >= 15 is 0 Å². The Bertz CT molecular complexity index is 107. The zero-order valence-electron chi connectivity index (χ0n) is 8.02. The SMILES string of the molecule is CC(C)(C)C[C@H]1CCCSC1. The molecule has 1 heterocycles. The quantitative estimate of drug-likeness (QED) is 0.583. The van der Waals surface area contributed by atoms with Crippen LogP contribution in [0, 0.1) is 11.3 Å². The van der Waals surface area contributed by atoms with Gasteiger partial charge in [-0.2, -0.15) is 11.8 Å². The molecule has 1 fully saturated rings. The minimum atomic E-state index is 0.544. The largest absolute Gasteiger partial charge is 0.162 e. The van der Waals surface area contributed by atoms with Gasteiger partial charge in [-0.05, 0) is 42.1 Å². The Hall–Kier alpha value is 0.350. The van der Waals surface area contributed by atoms with Crippen molar-refractivity contribution in [3.8, 4) is 0 Å². The number of hydrogen-bond acceptors (Lipinski definition) is 1. The summed E-state index contributed by atoms with van der Waals surface area (Å²) in [5.41, 5.74) is 0.544. The zero-order valence-corrected chi connectivity index (χ0v) is 8.84. The molecule has 0 aromatic heterocycles. The second kappa shape index (κ2) is 3.84. The van der Waals surface area contributed by atoms with Crippen molar-refractivity contribution >= 4 is 11.8 Å². The van der Waals surface area contributed by atoms with Crippen LogP contribution in [-0.4, -0.2) is 11.5 Å². The van der Waals surface area contributed by atoms with Crippen LogP contribution in [0.5, 0.6) is 0 Å². The lowest BCUT2D eigenvalue weighted by Crippen LogP contribution is -2.18. The zero-order chi connectivity index (χ0) is 8.32. The first-order chi connectivity index (χ1) is 5.08. The third kappa shape index (κ3) is 4.05. The number of rotatable bonds is 1. The Balaban J connectivity index is 2.24. The highest BCUT2D eigenvalue weighted by molar-refractivity contribution is 7.99. The average molecular weight is 172 g/mol. The maximum Gasteiger partial charge on any atom is -0.00389 e. The van der Waals surface area contributed by atoms with Gasteiger partial charge >= 0.3 is 0 Å². The molecule has 0 aliphatic carbocycles. The van der Waals surface area contributed by atoms with Gasteiger partial charge in [0.1, 0.15) is 0 Å². The fourth-order valence-electron chi connectivity index (χ4n) is 1.83. The van der Waals surface area contributed by atoms with Crippen molar-refractivity contribution in [1.82, 2.24) is 0 Å². The molecule has 0 bridgehead atoms. The molecule has 1 heteroatoms. The van der Waals surface area contributed by atoms with E-state index in [0.29, 0.717) is 5.41 Å². The fraction of sp³-hybridized carbons (Fsp3) is 1.00. The first-order valence-electron chi connectivity index (χ1n) is 4.66. The molecule has 66 valence electrons. The van der Waals surface area contributed by atoms with Gasteiger partial charge in [-0.3, -0.25) is 0 Å². The Morgan fingerprint density at radius 2 is 2.09 bits per heavy atom. The summed E-state index contributed by atoms with van der Waals surface area (Å²) in [4.78, 5) is 0. The van der Waals surface area contributed by atoms with Crippen LogP contribution in [0.25, 0.3) is 0 Å². The molecule has 11 heavy (non-hydrogen) atoms. The van der Waals surface area contributed by atoms with Gasteiger partial charge in [-0.1, -0.05) is 20.8 Å². The molecular formula is C10H20S. The smallest absolute Gasteiger partial charge is 0.00389 e. The minimum Gasteiger partial charge on any atom is -0.162 e. The lowest BCUT2D eigenvalue weighted by atomic mass is 9.83. The summed E-state index contributed by atoms with van der Waals surface area (Å²) in [6.07, 6.45) is 4.34. The summed E-state index contributed by atoms with van der Waals surface area (Å²) in [5, 5.41) is 0. The monoisotopic (exact) mass is 172 g/mol. The molecule has 1 rings (SSSR count). The first kappa shape index (κ1) is 9.44. The van der Waals surface area contributed by atoms with Crippen molar-refractivity contribution in [3.63, 3.8) is 0 Å². The third-order valence-corrected chi connectivity index (χ3v) is 3.44. The molecule has 1 aliphatic heterocycles. The molecule has 0 aromatic rings. The van der Waals surface area contributed by atoms with Gasteiger partial charge in [0.2, 0.25) is 0 Å². The van der Waals surface area contributed by atoms with Crippen molar-refractivity contribution in [2.75, 3.05) is 11.5 Å². The van der Waals surface area contributed by atoms with Crippen molar-refractivity contribution in [3.05, 3.63) is 0 Å². The summed E-state index contributed by atoms with van der Waals surface area (Å²) < 4.78 is 0. The predicted molar refractivity (Wildman–Crippen MR) is 54.1 cm³/mol.